The van der Waals surface area contributed by atoms with Crippen molar-refractivity contribution in [2.45, 2.75) is 25.9 Å². The van der Waals surface area contributed by atoms with Crippen molar-refractivity contribution in [3.05, 3.63) is 23.8 Å². The molecule has 2 heteroatoms. The van der Waals surface area contributed by atoms with E-state index in [9.17, 15) is 0 Å². The van der Waals surface area contributed by atoms with Crippen LogP contribution in [0.15, 0.2) is 18.2 Å². The maximum absolute atomic E-state index is 5.77. The predicted molar refractivity (Wildman–Crippen MR) is 54.4 cm³/mol. The van der Waals surface area contributed by atoms with Gasteiger partial charge in [-0.1, -0.05) is 6.07 Å². The van der Waals surface area contributed by atoms with Crippen LogP contribution >= 0.6 is 0 Å². The van der Waals surface area contributed by atoms with Gasteiger partial charge in [-0.05, 0) is 37.5 Å². The fraction of sp³-hybridized carbons (Fsp3) is 0.455. The first-order valence-electron chi connectivity index (χ1n) is 4.74. The van der Waals surface area contributed by atoms with Crippen LogP contribution in [-0.2, 0) is 0 Å². The van der Waals surface area contributed by atoms with Gasteiger partial charge in [0.25, 0.3) is 0 Å². The smallest absolute Gasteiger partial charge is 0.143 e. The Morgan fingerprint density at radius 2 is 2.15 bits per heavy atom. The van der Waals surface area contributed by atoms with E-state index in [1.807, 2.05) is 7.05 Å². The van der Waals surface area contributed by atoms with Gasteiger partial charge in [-0.25, -0.2) is 0 Å². The Labute approximate surface area is 78.9 Å². The van der Waals surface area contributed by atoms with E-state index in [1.54, 1.807) is 0 Å². The first-order chi connectivity index (χ1) is 6.29. The van der Waals surface area contributed by atoms with E-state index in [-0.39, 0.29) is 0 Å². The van der Waals surface area contributed by atoms with Crippen LogP contribution in [0.3, 0.4) is 0 Å². The van der Waals surface area contributed by atoms with Crippen LogP contribution < -0.4 is 10.1 Å². The molecule has 0 aliphatic heterocycles. The van der Waals surface area contributed by atoms with Crippen molar-refractivity contribution in [1.82, 2.24) is 0 Å². The fourth-order valence-electron chi connectivity index (χ4n) is 1.30. The van der Waals surface area contributed by atoms with Crippen molar-refractivity contribution in [3.8, 4) is 5.75 Å². The summed E-state index contributed by atoms with van der Waals surface area (Å²) in [5.74, 6) is 0.991. The summed E-state index contributed by atoms with van der Waals surface area (Å²) in [5, 5.41) is 3.13. The summed E-state index contributed by atoms with van der Waals surface area (Å²) >= 11 is 0. The summed E-state index contributed by atoms with van der Waals surface area (Å²) in [6.45, 7) is 2.08. The Kier molecular flexibility index (Phi) is 2.13. The molecule has 1 aliphatic carbocycles. The van der Waals surface area contributed by atoms with Crippen molar-refractivity contribution in [2.24, 2.45) is 0 Å². The number of ether oxygens (including phenoxy) is 1. The molecule has 1 aromatic rings. The van der Waals surface area contributed by atoms with E-state index >= 15 is 0 Å². The molecule has 0 bridgehead atoms. The molecule has 1 aliphatic rings. The Morgan fingerprint density at radius 3 is 2.77 bits per heavy atom. The first-order valence-corrected chi connectivity index (χ1v) is 4.74. The summed E-state index contributed by atoms with van der Waals surface area (Å²) in [4.78, 5) is 0. The van der Waals surface area contributed by atoms with Crippen LogP contribution in [-0.4, -0.2) is 13.2 Å². The van der Waals surface area contributed by atoms with E-state index in [4.69, 9.17) is 4.74 Å². The van der Waals surface area contributed by atoms with Crippen molar-refractivity contribution >= 4 is 5.69 Å². The van der Waals surface area contributed by atoms with Crippen LogP contribution in [0, 0.1) is 6.92 Å². The van der Waals surface area contributed by atoms with E-state index in [1.165, 1.54) is 18.4 Å². The molecule has 1 saturated carbocycles. The highest BCUT2D eigenvalue weighted by atomic mass is 16.5. The van der Waals surface area contributed by atoms with Crippen molar-refractivity contribution in [1.29, 1.82) is 0 Å². The lowest BCUT2D eigenvalue weighted by Gasteiger charge is -2.10. The summed E-state index contributed by atoms with van der Waals surface area (Å²) in [7, 11) is 1.92. The molecule has 0 heterocycles. The fourth-order valence-corrected chi connectivity index (χ4v) is 1.30. The third kappa shape index (κ3) is 1.94. The molecule has 0 saturated heterocycles. The Hall–Kier alpha value is -1.18. The molecule has 70 valence electrons. The molecule has 0 atom stereocenters. The maximum atomic E-state index is 5.77. The molecule has 1 aromatic carbocycles. The van der Waals surface area contributed by atoms with Crippen LogP contribution in [0.1, 0.15) is 18.4 Å². The molecule has 0 aromatic heterocycles. The van der Waals surface area contributed by atoms with Gasteiger partial charge in [0, 0.05) is 7.05 Å². The molecule has 1 fully saturated rings. The summed E-state index contributed by atoms with van der Waals surface area (Å²) in [6.07, 6.45) is 2.88. The van der Waals surface area contributed by atoms with Crippen molar-refractivity contribution < 1.29 is 4.74 Å². The van der Waals surface area contributed by atoms with Gasteiger partial charge in [-0.3, -0.25) is 0 Å². The minimum absolute atomic E-state index is 0.467. The lowest BCUT2D eigenvalue weighted by molar-refractivity contribution is 0.304. The number of anilines is 1. The lowest BCUT2D eigenvalue weighted by Crippen LogP contribution is -2.00. The monoisotopic (exact) mass is 177 g/mol. The van der Waals surface area contributed by atoms with Crippen LogP contribution in [0.2, 0.25) is 0 Å². The number of hydrogen-bond donors (Lipinski definition) is 1. The van der Waals surface area contributed by atoms with Gasteiger partial charge in [-0.15, -0.1) is 0 Å². The first kappa shape index (κ1) is 8.42. The Morgan fingerprint density at radius 1 is 1.38 bits per heavy atom. The lowest BCUT2D eigenvalue weighted by atomic mass is 10.2. The molecular weight excluding hydrogens is 162 g/mol. The normalized spacial score (nSPS) is 15.5. The standard InChI is InChI=1S/C11H15NO/c1-8-3-6-10(12-2)11(7-8)13-9-4-5-9/h3,6-7,9,12H,4-5H2,1-2H3. The third-order valence-electron chi connectivity index (χ3n) is 2.22. The summed E-state index contributed by atoms with van der Waals surface area (Å²) < 4.78 is 5.77. The number of hydrogen-bond acceptors (Lipinski definition) is 2. The van der Waals surface area contributed by atoms with E-state index in [0.717, 1.165) is 11.4 Å². The minimum atomic E-state index is 0.467. The number of benzene rings is 1. The Balaban J connectivity index is 2.22. The summed E-state index contributed by atoms with van der Waals surface area (Å²) in [6, 6.07) is 6.24. The molecule has 2 nitrogen and oxygen atoms in total. The quantitative estimate of drug-likeness (QED) is 0.766. The highest BCUT2D eigenvalue weighted by Gasteiger charge is 2.24. The van der Waals surface area contributed by atoms with E-state index in [2.05, 4.69) is 30.4 Å². The molecule has 13 heavy (non-hydrogen) atoms. The molecule has 0 radical (unpaired) electrons. The molecule has 0 unspecified atom stereocenters. The second-order valence-corrected chi connectivity index (χ2v) is 3.57. The van der Waals surface area contributed by atoms with Gasteiger partial charge in [0.15, 0.2) is 0 Å². The zero-order valence-electron chi connectivity index (χ0n) is 8.13. The molecule has 2 rings (SSSR count). The highest BCUT2D eigenvalue weighted by Crippen LogP contribution is 2.32. The SMILES string of the molecule is CNc1ccc(C)cc1OC1CC1. The average Bonchev–Trinajstić information content (AvgIpc) is 2.89. The largest absolute Gasteiger partial charge is 0.488 e. The molecule has 0 spiro atoms. The van der Waals surface area contributed by atoms with E-state index in [0.29, 0.717) is 6.10 Å². The zero-order chi connectivity index (χ0) is 9.26. The minimum Gasteiger partial charge on any atom is -0.488 e. The van der Waals surface area contributed by atoms with Crippen molar-refractivity contribution in [3.63, 3.8) is 0 Å². The van der Waals surface area contributed by atoms with Crippen molar-refractivity contribution in [2.75, 3.05) is 12.4 Å². The number of aryl methyl sites for hydroxylation is 1. The van der Waals surface area contributed by atoms with Crippen LogP contribution in [0.4, 0.5) is 5.69 Å². The third-order valence-corrected chi connectivity index (χ3v) is 2.22. The second-order valence-electron chi connectivity index (χ2n) is 3.57. The van der Waals surface area contributed by atoms with Gasteiger partial charge in [0.05, 0.1) is 11.8 Å². The molecule has 0 amide bonds. The second kappa shape index (κ2) is 3.29. The van der Waals surface area contributed by atoms with Gasteiger partial charge in [0.1, 0.15) is 5.75 Å². The topological polar surface area (TPSA) is 21.3 Å². The number of nitrogens with one attached hydrogen (secondary N) is 1. The predicted octanol–water partition coefficient (Wildman–Crippen LogP) is 2.58. The summed E-state index contributed by atoms with van der Waals surface area (Å²) in [5.41, 5.74) is 2.33. The van der Waals surface area contributed by atoms with Gasteiger partial charge in [0.2, 0.25) is 0 Å². The average molecular weight is 177 g/mol. The highest BCUT2D eigenvalue weighted by molar-refractivity contribution is 5.57. The van der Waals surface area contributed by atoms with Crippen LogP contribution in [0.5, 0.6) is 5.75 Å². The molecular formula is C11H15NO. The van der Waals surface area contributed by atoms with Gasteiger partial charge in [-0.2, -0.15) is 0 Å². The van der Waals surface area contributed by atoms with Gasteiger partial charge < -0.3 is 10.1 Å². The Bertz CT molecular complexity index is 305. The number of rotatable bonds is 3. The van der Waals surface area contributed by atoms with E-state index < -0.39 is 0 Å². The molecule has 1 N–H and O–H groups in total. The van der Waals surface area contributed by atoms with Crippen LogP contribution in [0.25, 0.3) is 0 Å². The zero-order valence-corrected chi connectivity index (χ0v) is 8.13. The maximum Gasteiger partial charge on any atom is 0.143 e. The van der Waals surface area contributed by atoms with Gasteiger partial charge >= 0.3 is 0 Å².